The first kappa shape index (κ1) is 118. The summed E-state index contributed by atoms with van der Waals surface area (Å²) in [5.74, 6) is -1.81. The van der Waals surface area contributed by atoms with Crippen LogP contribution in [0.3, 0.4) is 0 Å². The molecule has 0 saturated carbocycles. The summed E-state index contributed by atoms with van der Waals surface area (Å²) < 4.78 is 25.7. The number of aromatic amines is 1. The monoisotopic (exact) mass is 2050 g/mol. The number of aliphatic hydroxyl groups is 1. The number of rotatable bonds is 21. The van der Waals surface area contributed by atoms with Gasteiger partial charge in [0.15, 0.2) is 5.95 Å². The molecule has 0 radical (unpaired) electrons. The highest BCUT2D eigenvalue weighted by atomic mass is 35.5. The second kappa shape index (κ2) is 57.3. The van der Waals surface area contributed by atoms with E-state index in [4.69, 9.17) is 156 Å². The van der Waals surface area contributed by atoms with Crippen LogP contribution in [-0.2, 0) is 55.1 Å². The topological polar surface area (TPSA) is 538 Å². The molecule has 11 aromatic rings. The van der Waals surface area contributed by atoms with Crippen molar-refractivity contribution in [3.8, 4) is 0 Å². The first-order chi connectivity index (χ1) is 63.5. The standard InChI is InChI=1S/C18H23ClN4O2.C16H17Cl2N3O2.C12H17NO2.C11H13NO4.C11H14NO2.C8H7NO4.2C5H3Cl3N2.C5H7N3O2/c1-11-6-7-12(16(24)25-18(2,3)4)8-14(11)21-9-13-10-22-17(19)23-15(13)20-5;1-9(2)23-15(22)11-5-4-10(3)13(6-11)19-7-12-8-20-16(18)21-14(12)17;1-8-5-6-9(7-10(8)13)11(14)15-12(2,3)4;1-7(2)16-11(13)9-5-4-8(3)10(6-9)12(14)15;1-7(2)14-11(13)9-5-4-8(3)10(12)6-9;1-5-2-3-6(8(10)11)4-7(5)9(12)13;2*6-1-3-2-9-5(8)10-4(3)7;6-5-7-1-3(2-9)4(10)8-5/h6-8,10,21H,9H2,1-5H3,(H,20,22,23);4-6,8-9,19H,7H2,1-3H3;5-7H,13H2,1-4H3;4-7H,1-3H3;4-7H,1,12H2,2-3H3;2-4H,1H3,(H,10,11);2*2H,1H2;1,9H,2H2,(H3,6,7,8,10)/q;;;;+1;;;;. The number of nitro benzene ring substituents is 2. The summed E-state index contributed by atoms with van der Waals surface area (Å²) in [6.07, 6.45) is 6.73. The fourth-order valence-electron chi connectivity index (χ4n) is 9.83. The van der Waals surface area contributed by atoms with Crippen LogP contribution < -0.4 is 38.7 Å². The van der Waals surface area contributed by atoms with Crippen LogP contribution in [-0.4, -0.2) is 142 Å². The van der Waals surface area contributed by atoms with E-state index in [1.807, 2.05) is 101 Å². The average Bonchev–Trinajstić information content (AvgIpc) is 0.816. The molecule has 6 aromatic carbocycles. The first-order valence-electron chi connectivity index (χ1n) is 40.3. The molecular weight excluding hydrogens is 1950 g/mol. The van der Waals surface area contributed by atoms with Gasteiger partial charge in [-0.2, -0.15) is 0 Å². The number of hydrogen-bond donors (Lipinski definition) is 9. The average molecular weight is 2060 g/mol. The molecule has 12 N–H and O–H groups in total. The molecule has 11 rings (SSSR count). The lowest BCUT2D eigenvalue weighted by molar-refractivity contribution is -0.385. The van der Waals surface area contributed by atoms with E-state index in [1.165, 1.54) is 48.9 Å². The molecule has 36 nitrogen and oxygen atoms in total. The van der Waals surface area contributed by atoms with Crippen molar-refractivity contribution in [3.05, 3.63) is 309 Å². The van der Waals surface area contributed by atoms with Crippen molar-refractivity contribution in [2.45, 2.75) is 179 Å². The number of alkyl halides is 2. The molecule has 0 bridgehead atoms. The summed E-state index contributed by atoms with van der Waals surface area (Å²) in [4.78, 5) is 136. The number of H-pyrrole nitrogens is 1. The van der Waals surface area contributed by atoms with Crippen LogP contribution in [0.4, 0.5) is 45.9 Å². The molecule has 1 atom stereocenters. The van der Waals surface area contributed by atoms with E-state index in [0.29, 0.717) is 108 Å². The van der Waals surface area contributed by atoms with Gasteiger partial charge in [0.1, 0.15) is 39.4 Å². The minimum absolute atomic E-state index is 0.0576. The molecule has 0 fully saturated rings. The SMILES string of the molecule is CNc1nc(Cl)ncc1CNc1cc(C(=O)OC(C)(C)C)ccc1C.Cc1ccc(C(=O)O)cc1[N+](=O)[O-].Cc1ccc(C(=O)OC(C)(C)C)cc1N.Cc1ccc(C(=O)OC(C)C)cc1NCc1cnc(Cl)nc1Cl.Cc1ccc(C(=O)OC(C)C)cc1[N+](=O)[O-].ClCc1cnc(Cl)nc1Cl.ClCc1cnc(Cl)nc1Cl.Nc1ncc(CO)c(=O)[nH]1.[CH2+]C(C)OC(=O)c1ccc(C)c(N)c1. The lowest BCUT2D eigenvalue weighted by Crippen LogP contribution is -2.24. The van der Waals surface area contributed by atoms with Crippen molar-refractivity contribution in [1.82, 2.24) is 49.8 Å². The summed E-state index contributed by atoms with van der Waals surface area (Å²) in [7, 11) is 1.77. The molecule has 0 aliphatic rings. The number of ether oxygens (including phenoxy) is 5. The van der Waals surface area contributed by atoms with Crippen LogP contribution in [0.1, 0.15) is 200 Å². The van der Waals surface area contributed by atoms with E-state index in [2.05, 4.69) is 72.7 Å². The van der Waals surface area contributed by atoms with Crippen molar-refractivity contribution in [3.63, 3.8) is 0 Å². The number of nitrogens with two attached hydrogens (primary N) is 3. The predicted molar refractivity (Wildman–Crippen MR) is 530 cm³/mol. The van der Waals surface area contributed by atoms with Crippen molar-refractivity contribution in [2.75, 3.05) is 40.2 Å². The second-order valence-corrected chi connectivity index (χ2v) is 34.0. The van der Waals surface area contributed by atoms with Gasteiger partial charge in [-0.25, -0.2) is 73.6 Å². The van der Waals surface area contributed by atoms with Gasteiger partial charge in [0.2, 0.25) is 27.2 Å². The molecule has 5 aromatic heterocycles. The van der Waals surface area contributed by atoms with Gasteiger partial charge in [0.05, 0.1) is 79.4 Å². The normalized spacial score (nSPS) is 10.6. The van der Waals surface area contributed by atoms with Gasteiger partial charge in [-0.15, -0.1) is 23.2 Å². The number of aromatic carboxylic acids is 1. The lowest BCUT2D eigenvalue weighted by atomic mass is 10.1. The van der Waals surface area contributed by atoms with Gasteiger partial charge in [0, 0.05) is 126 Å². The van der Waals surface area contributed by atoms with Crippen molar-refractivity contribution < 1.29 is 72.5 Å². The smallest absolute Gasteiger partial charge is 0.341 e. The Morgan fingerprint density at radius 1 is 0.456 bits per heavy atom. The number of hydrogen-bond acceptors (Lipinski definition) is 32. The summed E-state index contributed by atoms with van der Waals surface area (Å²) in [5.41, 5.74) is 27.9. The number of aliphatic hydroxyl groups excluding tert-OH is 1. The molecule has 5 heterocycles. The highest BCUT2D eigenvalue weighted by molar-refractivity contribution is 6.34. The minimum atomic E-state index is -1.16. The van der Waals surface area contributed by atoms with Crippen molar-refractivity contribution in [1.29, 1.82) is 0 Å². The number of nitro groups is 2. The molecule has 0 saturated heterocycles. The number of carboxylic acid groups (broad SMARTS) is 1. The Morgan fingerprint density at radius 3 is 1.11 bits per heavy atom. The Labute approximate surface area is 830 Å². The Bertz CT molecular complexity index is 5960. The van der Waals surface area contributed by atoms with Crippen LogP contribution in [0.25, 0.3) is 0 Å². The third kappa shape index (κ3) is 42.9. The highest BCUT2D eigenvalue weighted by Gasteiger charge is 2.23. The maximum atomic E-state index is 12.2. The first-order valence-corrected chi connectivity index (χ1v) is 44.1. The molecule has 0 amide bonds. The number of carbonyl (C=O) groups is 6. The fourth-order valence-corrected chi connectivity index (χ4v) is 11.6. The molecule has 0 aliphatic carbocycles. The van der Waals surface area contributed by atoms with Gasteiger partial charge >= 0.3 is 35.8 Å². The Hall–Kier alpha value is -12.6. The summed E-state index contributed by atoms with van der Waals surface area (Å²) in [6, 6.07) is 29.2. The third-order valence-corrected chi connectivity index (χ3v) is 19.1. The van der Waals surface area contributed by atoms with E-state index < -0.39 is 38.5 Å². The third-order valence-electron chi connectivity index (χ3n) is 16.8. The number of halogens is 9. The fraction of sp³-hybridized carbons (Fsp3) is 0.308. The number of aromatic nitrogens is 10. The maximum Gasteiger partial charge on any atom is 0.341 e. The number of benzene rings is 6. The summed E-state index contributed by atoms with van der Waals surface area (Å²) >= 11 is 50.5. The summed E-state index contributed by atoms with van der Waals surface area (Å²) in [5, 5.41) is 49.2. The Balaban J connectivity index is 0.000000401. The number of anilines is 6. The Kier molecular flexibility index (Phi) is 49.5. The number of nitrogens with zero attached hydrogens (tertiary/aromatic N) is 11. The molecule has 0 aliphatic heterocycles. The molecule has 728 valence electrons. The van der Waals surface area contributed by atoms with Gasteiger partial charge in [0.25, 0.3) is 16.9 Å². The van der Waals surface area contributed by atoms with Crippen LogP contribution in [0.5, 0.6) is 0 Å². The van der Waals surface area contributed by atoms with Crippen LogP contribution in [0.15, 0.2) is 145 Å². The molecule has 45 heteroatoms. The number of nitrogen functional groups attached to an aromatic ring is 3. The van der Waals surface area contributed by atoms with E-state index >= 15 is 0 Å². The van der Waals surface area contributed by atoms with E-state index in [-0.39, 0.29) is 104 Å². The Morgan fingerprint density at radius 2 is 0.772 bits per heavy atom. The number of esters is 5. The van der Waals surface area contributed by atoms with Crippen LogP contribution in [0, 0.1) is 68.7 Å². The number of nitrogens with one attached hydrogen (secondary N) is 4. The number of aryl methyl sites for hydroxylation is 6. The van der Waals surface area contributed by atoms with E-state index in [9.17, 15) is 53.8 Å². The highest BCUT2D eigenvalue weighted by Crippen LogP contribution is 2.28. The van der Waals surface area contributed by atoms with Gasteiger partial charge in [-0.1, -0.05) is 71.2 Å². The second-order valence-electron chi connectivity index (χ2n) is 31.0. The molecular formula is C91H104Cl9N18O18+. The van der Waals surface area contributed by atoms with Gasteiger partial charge in [-0.05, 0) is 240 Å². The zero-order valence-corrected chi connectivity index (χ0v) is 84.0. The lowest BCUT2D eigenvalue weighted by Gasteiger charge is -2.20. The zero-order chi connectivity index (χ0) is 103. The number of carboxylic acids is 1. The predicted octanol–water partition coefficient (Wildman–Crippen LogP) is 20.8. The largest absolute Gasteiger partial charge is 0.478 e. The van der Waals surface area contributed by atoms with Crippen LogP contribution >= 0.6 is 104 Å². The zero-order valence-electron chi connectivity index (χ0n) is 77.2. The molecule has 0 spiro atoms. The van der Waals surface area contributed by atoms with Gasteiger partial charge < -0.3 is 67.0 Å². The van der Waals surface area contributed by atoms with Crippen LogP contribution in [0.2, 0.25) is 36.6 Å². The van der Waals surface area contributed by atoms with Crippen molar-refractivity contribution in [2.24, 2.45) is 0 Å². The van der Waals surface area contributed by atoms with Crippen molar-refractivity contribution >= 4 is 186 Å². The maximum absolute atomic E-state index is 12.2. The van der Waals surface area contributed by atoms with Gasteiger partial charge in [-0.3, -0.25) is 30.0 Å². The molecule has 1 unspecified atom stereocenters. The summed E-state index contributed by atoms with van der Waals surface area (Å²) in [6.45, 7) is 34.9. The molecule has 136 heavy (non-hydrogen) atoms. The van der Waals surface area contributed by atoms with E-state index in [1.54, 1.807) is 109 Å². The van der Waals surface area contributed by atoms with E-state index in [0.717, 1.165) is 45.3 Å². The number of carbonyl (C=O) groups excluding carboxylic acids is 5. The quantitative estimate of drug-likeness (QED) is 0.00371. The minimum Gasteiger partial charge on any atom is -0.478 e.